The van der Waals surface area contributed by atoms with Gasteiger partial charge in [-0.15, -0.1) is 0 Å². The summed E-state index contributed by atoms with van der Waals surface area (Å²) in [6.07, 6.45) is 3.43. The van der Waals surface area contributed by atoms with Gasteiger partial charge in [0.15, 0.2) is 5.82 Å². The van der Waals surface area contributed by atoms with Gasteiger partial charge in [0.05, 0.1) is 21.4 Å². The number of hydrogen-bond acceptors (Lipinski definition) is 5. The molecule has 3 rings (SSSR count). The average Bonchev–Trinajstić information content (AvgIpc) is 3.10. The van der Waals surface area contributed by atoms with Gasteiger partial charge in [-0.05, 0) is 35.9 Å². The summed E-state index contributed by atoms with van der Waals surface area (Å²) in [6, 6.07) is 7.77. The highest BCUT2D eigenvalue weighted by Gasteiger charge is 2.21. The van der Waals surface area contributed by atoms with Crippen LogP contribution in [-0.4, -0.2) is 21.9 Å². The average molecular weight is 454 g/mol. The van der Waals surface area contributed by atoms with Crippen LogP contribution in [0.5, 0.6) is 0 Å². The minimum Gasteiger partial charge on any atom is -0.326 e. The molecule has 0 aliphatic heterocycles. The lowest BCUT2D eigenvalue weighted by Gasteiger charge is -2.20. The maximum atomic E-state index is 13.1. The van der Waals surface area contributed by atoms with Crippen molar-refractivity contribution < 1.29 is 9.59 Å². The molecule has 1 aromatic carbocycles. The van der Waals surface area contributed by atoms with E-state index in [2.05, 4.69) is 10.3 Å². The van der Waals surface area contributed by atoms with Gasteiger partial charge in [0.1, 0.15) is 5.69 Å². The molecule has 150 valence electrons. The minimum atomic E-state index is -0.545. The number of carbonyl (C=O) groups excluding carboxylic acids is 2. The van der Waals surface area contributed by atoms with E-state index in [9.17, 15) is 9.59 Å². The van der Waals surface area contributed by atoms with Crippen molar-refractivity contribution >= 4 is 58.5 Å². The molecule has 0 fully saturated rings. The van der Waals surface area contributed by atoms with Crippen LogP contribution in [0.2, 0.25) is 15.1 Å². The molecule has 8 nitrogen and oxygen atoms in total. The molecule has 5 N–H and O–H groups in total. The fourth-order valence-electron chi connectivity index (χ4n) is 2.73. The first-order valence-electron chi connectivity index (χ1n) is 8.17. The number of amides is 2. The second kappa shape index (κ2) is 8.81. The van der Waals surface area contributed by atoms with E-state index in [1.165, 1.54) is 29.1 Å². The van der Waals surface area contributed by atoms with Crippen molar-refractivity contribution in [1.82, 2.24) is 9.55 Å². The Hall–Kier alpha value is -2.62. The Bertz CT molecular complexity index is 1090. The van der Waals surface area contributed by atoms with Crippen LogP contribution in [0.25, 0.3) is 5.82 Å². The number of nitrogens with two attached hydrogens (primary N) is 2. The maximum Gasteiger partial charge on any atom is 0.272 e. The zero-order chi connectivity index (χ0) is 21.1. The van der Waals surface area contributed by atoms with Gasteiger partial charge in [-0.1, -0.05) is 34.8 Å². The maximum absolute atomic E-state index is 13.1. The highest BCUT2D eigenvalue weighted by atomic mass is 35.5. The van der Waals surface area contributed by atoms with Gasteiger partial charge in [0.25, 0.3) is 5.91 Å². The van der Waals surface area contributed by atoms with Crippen LogP contribution in [0.4, 0.5) is 11.4 Å². The summed E-state index contributed by atoms with van der Waals surface area (Å²) in [7, 11) is 0. The SMILES string of the molecule is NCc1cc(Cl)cc(N(N)C=O)c1NC(=O)c1cc(Cl)cn1-c1ncccc1Cl. The Morgan fingerprint density at radius 1 is 1.24 bits per heavy atom. The Morgan fingerprint density at radius 3 is 2.66 bits per heavy atom. The Morgan fingerprint density at radius 2 is 2.00 bits per heavy atom. The van der Waals surface area contributed by atoms with E-state index < -0.39 is 5.91 Å². The zero-order valence-electron chi connectivity index (χ0n) is 14.8. The third-order valence-corrected chi connectivity index (χ3v) is 4.72. The Labute approximate surface area is 180 Å². The fourth-order valence-corrected chi connectivity index (χ4v) is 3.37. The first-order chi connectivity index (χ1) is 13.8. The third kappa shape index (κ3) is 4.36. The first-order valence-corrected chi connectivity index (χ1v) is 9.31. The van der Waals surface area contributed by atoms with Crippen LogP contribution in [0.1, 0.15) is 16.1 Å². The van der Waals surface area contributed by atoms with Crippen LogP contribution >= 0.6 is 34.8 Å². The monoisotopic (exact) mass is 452 g/mol. The second-order valence-electron chi connectivity index (χ2n) is 5.85. The molecule has 0 atom stereocenters. The molecule has 0 bridgehead atoms. The number of pyridine rings is 1. The molecular formula is C18H15Cl3N6O2. The lowest BCUT2D eigenvalue weighted by molar-refractivity contribution is -0.107. The predicted molar refractivity (Wildman–Crippen MR) is 114 cm³/mol. The number of halogens is 3. The number of aromatic nitrogens is 2. The lowest BCUT2D eigenvalue weighted by Crippen LogP contribution is -2.31. The molecular weight excluding hydrogens is 439 g/mol. The molecule has 2 aromatic heterocycles. The van der Waals surface area contributed by atoms with Crippen LogP contribution < -0.4 is 21.9 Å². The van der Waals surface area contributed by atoms with Crippen LogP contribution in [0.3, 0.4) is 0 Å². The van der Waals surface area contributed by atoms with Crippen molar-refractivity contribution in [1.29, 1.82) is 0 Å². The summed E-state index contributed by atoms with van der Waals surface area (Å²) in [6.45, 7) is 0.0453. The van der Waals surface area contributed by atoms with Crippen LogP contribution in [0.15, 0.2) is 42.7 Å². The second-order valence-corrected chi connectivity index (χ2v) is 7.13. The number of carbonyl (C=O) groups is 2. The number of hydrogen-bond donors (Lipinski definition) is 3. The molecule has 29 heavy (non-hydrogen) atoms. The van der Waals surface area contributed by atoms with E-state index in [1.807, 2.05) is 0 Å². The van der Waals surface area contributed by atoms with Crippen molar-refractivity contribution in [3.8, 4) is 5.82 Å². The van der Waals surface area contributed by atoms with E-state index in [0.717, 1.165) is 5.01 Å². The summed E-state index contributed by atoms with van der Waals surface area (Å²) in [5, 5.41) is 4.46. The number of anilines is 2. The van der Waals surface area contributed by atoms with Crippen LogP contribution in [-0.2, 0) is 11.3 Å². The molecule has 0 spiro atoms. The molecule has 2 heterocycles. The van der Waals surface area contributed by atoms with Gasteiger partial charge in [-0.2, -0.15) is 0 Å². The van der Waals surface area contributed by atoms with Crippen molar-refractivity contribution in [2.45, 2.75) is 6.54 Å². The van der Waals surface area contributed by atoms with Gasteiger partial charge < -0.3 is 11.1 Å². The summed E-state index contributed by atoms with van der Waals surface area (Å²) >= 11 is 18.4. The van der Waals surface area contributed by atoms with E-state index in [0.29, 0.717) is 32.9 Å². The fraction of sp³-hybridized carbons (Fsp3) is 0.0556. The Balaban J connectivity index is 2.07. The topological polar surface area (TPSA) is 119 Å². The van der Waals surface area contributed by atoms with Crippen molar-refractivity contribution in [3.63, 3.8) is 0 Å². The van der Waals surface area contributed by atoms with E-state index in [-0.39, 0.29) is 23.6 Å². The molecule has 2 amide bonds. The third-order valence-electron chi connectivity index (χ3n) is 4.00. The summed E-state index contributed by atoms with van der Waals surface area (Å²) in [4.78, 5) is 28.4. The Kier molecular flexibility index (Phi) is 6.41. The lowest BCUT2D eigenvalue weighted by atomic mass is 10.1. The number of benzene rings is 1. The summed E-state index contributed by atoms with van der Waals surface area (Å²) < 4.78 is 1.46. The number of nitrogens with zero attached hydrogens (tertiary/aromatic N) is 3. The number of hydrazine groups is 1. The standard InChI is InChI=1S/C18H15Cl3N6O2/c19-11-4-10(7-22)16(14(5-11)27(23)9-28)25-18(29)15-6-12(20)8-26(15)17-13(21)2-1-3-24-17/h1-6,8-9H,7,22-23H2,(H,25,29). The molecule has 0 unspecified atom stereocenters. The normalized spacial score (nSPS) is 10.7. The predicted octanol–water partition coefficient (Wildman–Crippen LogP) is 3.38. The molecule has 0 saturated heterocycles. The summed E-state index contributed by atoms with van der Waals surface area (Å²) in [5.74, 6) is 5.49. The minimum absolute atomic E-state index is 0.0453. The first kappa shape index (κ1) is 21.1. The summed E-state index contributed by atoms with van der Waals surface area (Å²) in [5.41, 5.74) is 6.85. The quantitative estimate of drug-likeness (QED) is 0.229. The molecule has 0 aliphatic rings. The van der Waals surface area contributed by atoms with Crippen LogP contribution in [0, 0.1) is 0 Å². The smallest absolute Gasteiger partial charge is 0.272 e. The molecule has 0 aliphatic carbocycles. The van der Waals surface area contributed by atoms with Crippen molar-refractivity contribution in [2.24, 2.45) is 11.6 Å². The number of nitrogens with one attached hydrogen (secondary N) is 1. The van der Waals surface area contributed by atoms with E-state index in [1.54, 1.807) is 18.2 Å². The molecule has 3 aromatic rings. The van der Waals surface area contributed by atoms with E-state index in [4.69, 9.17) is 46.4 Å². The van der Waals surface area contributed by atoms with Gasteiger partial charge in [-0.3, -0.25) is 14.2 Å². The molecule has 11 heteroatoms. The van der Waals surface area contributed by atoms with Gasteiger partial charge in [-0.25, -0.2) is 15.8 Å². The molecule has 0 radical (unpaired) electrons. The highest BCUT2D eigenvalue weighted by molar-refractivity contribution is 6.33. The molecule has 0 saturated carbocycles. The number of rotatable bonds is 6. The highest BCUT2D eigenvalue weighted by Crippen LogP contribution is 2.33. The van der Waals surface area contributed by atoms with Gasteiger partial charge >= 0.3 is 0 Å². The van der Waals surface area contributed by atoms with Gasteiger partial charge in [0.2, 0.25) is 6.41 Å². The van der Waals surface area contributed by atoms with E-state index >= 15 is 0 Å². The largest absolute Gasteiger partial charge is 0.326 e. The van der Waals surface area contributed by atoms with Crippen molar-refractivity contribution in [2.75, 3.05) is 10.3 Å². The van der Waals surface area contributed by atoms with Crippen molar-refractivity contribution in [3.05, 3.63) is 69.1 Å². The van der Waals surface area contributed by atoms with Gasteiger partial charge in [0, 0.05) is 24.0 Å². The zero-order valence-corrected chi connectivity index (χ0v) is 17.0.